The van der Waals surface area contributed by atoms with Gasteiger partial charge in [0.15, 0.2) is 11.6 Å². The summed E-state index contributed by atoms with van der Waals surface area (Å²) in [5.74, 6) is -2.99. The number of anilines is 1. The second-order valence-corrected chi connectivity index (χ2v) is 6.01. The summed E-state index contributed by atoms with van der Waals surface area (Å²) in [4.78, 5) is 26.5. The third-order valence-corrected chi connectivity index (χ3v) is 4.13. The first-order chi connectivity index (χ1) is 13.3. The predicted molar refractivity (Wildman–Crippen MR) is 96.2 cm³/mol. The maximum atomic E-state index is 13.6. The van der Waals surface area contributed by atoms with Crippen molar-refractivity contribution >= 4 is 22.5 Å². The van der Waals surface area contributed by atoms with E-state index in [4.69, 9.17) is 5.26 Å². The van der Waals surface area contributed by atoms with E-state index in [2.05, 4.69) is 15.6 Å². The molecule has 1 heterocycles. The molecule has 9 heteroatoms. The molecule has 0 aliphatic heterocycles. The summed E-state index contributed by atoms with van der Waals surface area (Å²) >= 11 is 0. The van der Waals surface area contributed by atoms with Crippen LogP contribution in [0.25, 0.3) is 10.8 Å². The van der Waals surface area contributed by atoms with Crippen LogP contribution in [0.2, 0.25) is 0 Å². The van der Waals surface area contributed by atoms with E-state index in [9.17, 15) is 22.8 Å². The van der Waals surface area contributed by atoms with Crippen molar-refractivity contribution in [3.05, 3.63) is 75.5 Å². The van der Waals surface area contributed by atoms with Gasteiger partial charge in [0.05, 0.1) is 17.0 Å². The van der Waals surface area contributed by atoms with Crippen LogP contribution in [-0.4, -0.2) is 11.0 Å². The number of aromatic amines is 1. The Morgan fingerprint density at radius 3 is 2.46 bits per heavy atom. The highest BCUT2D eigenvalue weighted by Gasteiger charge is 2.17. The van der Waals surface area contributed by atoms with Crippen LogP contribution in [0.4, 0.5) is 23.7 Å². The molecule has 3 rings (SSSR count). The fraction of sp³-hybridized carbons (Fsp3) is 0.105. The van der Waals surface area contributed by atoms with E-state index in [1.165, 1.54) is 18.3 Å². The Morgan fingerprint density at radius 1 is 1.11 bits per heavy atom. The predicted octanol–water partition coefficient (Wildman–Crippen LogP) is 3.70. The molecule has 0 unspecified atom stereocenters. The molecule has 1 aromatic heterocycles. The number of amides is 2. The van der Waals surface area contributed by atoms with Gasteiger partial charge in [-0.05, 0) is 48.2 Å². The Hall–Kier alpha value is -3.80. The number of nitrogens with zero attached hydrogens (tertiary/aromatic N) is 1. The fourth-order valence-corrected chi connectivity index (χ4v) is 2.76. The zero-order valence-corrected chi connectivity index (χ0v) is 14.4. The van der Waals surface area contributed by atoms with E-state index in [-0.39, 0.29) is 22.0 Å². The Labute approximate surface area is 156 Å². The first kappa shape index (κ1) is 19.0. The van der Waals surface area contributed by atoms with Crippen LogP contribution in [0.1, 0.15) is 24.1 Å². The Kier molecular flexibility index (Phi) is 5.04. The first-order valence-electron chi connectivity index (χ1n) is 8.07. The van der Waals surface area contributed by atoms with Crippen molar-refractivity contribution < 1.29 is 18.0 Å². The SMILES string of the molecule is C[C@@H](NC(=O)Nc1ccc(F)c(C#N)c1)c1c[nH]c(=O)c2cc(F)c(F)cc12. The summed E-state index contributed by atoms with van der Waals surface area (Å²) in [5, 5.41) is 14.0. The normalized spacial score (nSPS) is 11.7. The Bertz CT molecular complexity index is 1180. The van der Waals surface area contributed by atoms with Gasteiger partial charge in [-0.15, -0.1) is 0 Å². The number of urea groups is 1. The van der Waals surface area contributed by atoms with Gasteiger partial charge in [-0.2, -0.15) is 5.26 Å². The number of hydrogen-bond acceptors (Lipinski definition) is 3. The second kappa shape index (κ2) is 7.44. The van der Waals surface area contributed by atoms with Crippen molar-refractivity contribution in [3.63, 3.8) is 0 Å². The summed E-state index contributed by atoms with van der Waals surface area (Å²) in [6.07, 6.45) is 1.30. The molecule has 0 radical (unpaired) electrons. The molecule has 142 valence electrons. The van der Waals surface area contributed by atoms with Gasteiger partial charge in [-0.25, -0.2) is 18.0 Å². The van der Waals surface area contributed by atoms with E-state index >= 15 is 0 Å². The molecule has 3 aromatic rings. The van der Waals surface area contributed by atoms with Gasteiger partial charge in [0.2, 0.25) is 0 Å². The number of carbonyl (C=O) groups is 1. The number of carbonyl (C=O) groups excluding carboxylic acids is 1. The molecule has 1 atom stereocenters. The molecular formula is C19H13F3N4O2. The number of hydrogen-bond donors (Lipinski definition) is 3. The molecule has 3 N–H and O–H groups in total. The van der Waals surface area contributed by atoms with Gasteiger partial charge in [0.25, 0.3) is 5.56 Å². The number of benzene rings is 2. The van der Waals surface area contributed by atoms with Gasteiger partial charge < -0.3 is 15.6 Å². The lowest BCUT2D eigenvalue weighted by molar-refractivity contribution is 0.249. The molecule has 0 spiro atoms. The lowest BCUT2D eigenvalue weighted by Crippen LogP contribution is -2.31. The van der Waals surface area contributed by atoms with Crippen LogP contribution in [0.5, 0.6) is 0 Å². The van der Waals surface area contributed by atoms with E-state index in [1.807, 2.05) is 0 Å². The quantitative estimate of drug-likeness (QED) is 0.640. The van der Waals surface area contributed by atoms with Crippen molar-refractivity contribution in [3.8, 4) is 6.07 Å². The smallest absolute Gasteiger partial charge is 0.319 e. The molecule has 0 saturated carbocycles. The number of nitrogens with one attached hydrogen (secondary N) is 3. The average Bonchev–Trinajstić information content (AvgIpc) is 2.65. The minimum absolute atomic E-state index is 0.0531. The molecule has 0 aliphatic rings. The van der Waals surface area contributed by atoms with Crippen LogP contribution in [0, 0.1) is 28.8 Å². The summed E-state index contributed by atoms with van der Waals surface area (Å²) < 4.78 is 40.4. The monoisotopic (exact) mass is 386 g/mol. The van der Waals surface area contributed by atoms with E-state index in [1.54, 1.807) is 13.0 Å². The van der Waals surface area contributed by atoms with Crippen molar-refractivity contribution in [2.24, 2.45) is 0 Å². The minimum Gasteiger partial charge on any atom is -0.331 e. The van der Waals surface area contributed by atoms with Crippen molar-refractivity contribution in [1.29, 1.82) is 5.26 Å². The second-order valence-electron chi connectivity index (χ2n) is 6.01. The van der Waals surface area contributed by atoms with Crippen LogP contribution in [0.3, 0.4) is 0 Å². The average molecular weight is 386 g/mol. The third-order valence-electron chi connectivity index (χ3n) is 4.13. The van der Waals surface area contributed by atoms with Crippen LogP contribution in [0.15, 0.2) is 41.3 Å². The van der Waals surface area contributed by atoms with Gasteiger partial charge in [-0.3, -0.25) is 4.79 Å². The largest absolute Gasteiger partial charge is 0.331 e. The third kappa shape index (κ3) is 3.66. The fourth-order valence-electron chi connectivity index (χ4n) is 2.76. The summed E-state index contributed by atoms with van der Waals surface area (Å²) in [6.45, 7) is 1.58. The summed E-state index contributed by atoms with van der Waals surface area (Å²) in [7, 11) is 0. The Morgan fingerprint density at radius 2 is 1.79 bits per heavy atom. The standard InChI is InChI=1S/C19H13F3N4O2/c1-9(25-19(28)26-11-2-3-15(20)10(4-11)7-23)14-8-24-18(27)13-6-17(22)16(21)5-12(13)14/h2-6,8-9H,1H3,(H,24,27)(H2,25,26,28)/t9-/m1/s1. The summed E-state index contributed by atoms with van der Waals surface area (Å²) in [6, 6.07) is 5.49. The van der Waals surface area contributed by atoms with Crippen LogP contribution < -0.4 is 16.2 Å². The maximum Gasteiger partial charge on any atom is 0.319 e. The van der Waals surface area contributed by atoms with E-state index in [0.717, 1.165) is 18.2 Å². The van der Waals surface area contributed by atoms with Crippen LogP contribution >= 0.6 is 0 Å². The van der Waals surface area contributed by atoms with Gasteiger partial charge in [0, 0.05) is 11.9 Å². The molecule has 2 aromatic carbocycles. The molecule has 6 nitrogen and oxygen atoms in total. The highest BCUT2D eigenvalue weighted by molar-refractivity contribution is 5.91. The number of H-pyrrole nitrogens is 1. The van der Waals surface area contributed by atoms with Gasteiger partial charge >= 0.3 is 6.03 Å². The lowest BCUT2D eigenvalue weighted by Gasteiger charge is -2.17. The number of halogens is 3. The van der Waals surface area contributed by atoms with Gasteiger partial charge in [0.1, 0.15) is 11.9 Å². The number of fused-ring (bicyclic) bond motifs is 1. The number of rotatable bonds is 3. The molecule has 0 fully saturated rings. The van der Waals surface area contributed by atoms with Crippen LogP contribution in [-0.2, 0) is 0 Å². The van der Waals surface area contributed by atoms with E-state index in [0.29, 0.717) is 5.56 Å². The number of pyridine rings is 1. The van der Waals surface area contributed by atoms with E-state index < -0.39 is 35.1 Å². The minimum atomic E-state index is -1.15. The molecule has 0 aliphatic carbocycles. The zero-order valence-electron chi connectivity index (χ0n) is 14.4. The van der Waals surface area contributed by atoms with Crippen molar-refractivity contribution in [1.82, 2.24) is 10.3 Å². The molecular weight excluding hydrogens is 373 g/mol. The van der Waals surface area contributed by atoms with Gasteiger partial charge in [-0.1, -0.05) is 0 Å². The summed E-state index contributed by atoms with van der Waals surface area (Å²) in [5.41, 5.74) is -0.262. The molecule has 0 saturated heterocycles. The highest BCUT2D eigenvalue weighted by atomic mass is 19.2. The highest BCUT2D eigenvalue weighted by Crippen LogP contribution is 2.24. The van der Waals surface area contributed by atoms with Crippen molar-refractivity contribution in [2.45, 2.75) is 13.0 Å². The maximum absolute atomic E-state index is 13.6. The molecule has 2 amide bonds. The number of nitriles is 1. The lowest BCUT2D eigenvalue weighted by atomic mass is 10.0. The molecule has 0 bridgehead atoms. The Balaban J connectivity index is 1.85. The topological polar surface area (TPSA) is 97.8 Å². The first-order valence-corrected chi connectivity index (χ1v) is 8.07. The zero-order chi connectivity index (χ0) is 20.4. The van der Waals surface area contributed by atoms with Crippen molar-refractivity contribution in [2.75, 3.05) is 5.32 Å². The molecule has 28 heavy (non-hydrogen) atoms. The number of aromatic nitrogens is 1.